The summed E-state index contributed by atoms with van der Waals surface area (Å²) in [5.74, 6) is -3.38. The molecule has 42 heavy (non-hydrogen) atoms. The quantitative estimate of drug-likeness (QED) is 0.414. The molecule has 2 aromatic rings. The molecular weight excluding hydrogens is 564 g/mol. The van der Waals surface area contributed by atoms with Crippen LogP contribution in [0.2, 0.25) is 0 Å². The first kappa shape index (κ1) is 29.0. The zero-order chi connectivity index (χ0) is 29.7. The van der Waals surface area contributed by atoms with Gasteiger partial charge in [0, 0.05) is 58.3 Å². The maximum Gasteiger partial charge on any atom is 0.257 e. The minimum Gasteiger partial charge on any atom is -0.395 e. The van der Waals surface area contributed by atoms with E-state index in [1.165, 1.54) is 12.8 Å². The third kappa shape index (κ3) is 6.01. The van der Waals surface area contributed by atoms with E-state index in [0.717, 1.165) is 55.8 Å². The highest BCUT2D eigenvalue weighted by molar-refractivity contribution is 7.92. The standard InChI is InChI=1S/C30H39F2N5O4S/c1-35-11-4-21-18-23(20-26(27(21)35)37-14-9-30(31,32)10-15-37)33-28(39)24-3-2-22(34-42(40,41)17-16-38)19-25(24)36-12-7-29(5-6-29)8-13-36/h2-3,18-20,34,38H,4-17H2,1H3,(H,33,39). The van der Waals surface area contributed by atoms with E-state index >= 15 is 0 Å². The van der Waals surface area contributed by atoms with E-state index in [1.807, 2.05) is 24.1 Å². The Balaban J connectivity index is 1.29. The number of aliphatic hydroxyl groups is 1. The van der Waals surface area contributed by atoms with Gasteiger partial charge < -0.3 is 25.1 Å². The lowest BCUT2D eigenvalue weighted by Gasteiger charge is -2.36. The van der Waals surface area contributed by atoms with Crippen LogP contribution in [-0.4, -0.2) is 77.5 Å². The lowest BCUT2D eigenvalue weighted by atomic mass is 9.93. The van der Waals surface area contributed by atoms with Crippen LogP contribution in [0.3, 0.4) is 0 Å². The van der Waals surface area contributed by atoms with Crippen molar-refractivity contribution in [2.75, 3.05) is 76.9 Å². The van der Waals surface area contributed by atoms with E-state index < -0.39 is 28.3 Å². The van der Waals surface area contributed by atoms with Gasteiger partial charge in [0.2, 0.25) is 10.0 Å². The lowest BCUT2D eigenvalue weighted by molar-refractivity contribution is -0.0220. The van der Waals surface area contributed by atoms with Gasteiger partial charge in [-0.15, -0.1) is 0 Å². The topological polar surface area (TPSA) is 105 Å². The van der Waals surface area contributed by atoms with Crippen molar-refractivity contribution in [1.29, 1.82) is 0 Å². The molecule has 3 fully saturated rings. The highest BCUT2D eigenvalue weighted by Crippen LogP contribution is 2.54. The van der Waals surface area contributed by atoms with Gasteiger partial charge in [-0.3, -0.25) is 9.52 Å². The molecule has 2 saturated heterocycles. The van der Waals surface area contributed by atoms with E-state index in [1.54, 1.807) is 18.2 Å². The van der Waals surface area contributed by atoms with Crippen molar-refractivity contribution < 1.29 is 27.1 Å². The molecular formula is C30H39F2N5O4S. The maximum atomic E-state index is 13.9. The Hall–Kier alpha value is -3.12. The van der Waals surface area contributed by atoms with Gasteiger partial charge >= 0.3 is 0 Å². The number of benzene rings is 2. The molecule has 3 N–H and O–H groups in total. The first-order chi connectivity index (χ1) is 20.0. The summed E-state index contributed by atoms with van der Waals surface area (Å²) in [6, 6.07) is 8.75. The summed E-state index contributed by atoms with van der Waals surface area (Å²) in [7, 11) is -1.73. The molecule has 9 nitrogen and oxygen atoms in total. The fourth-order valence-corrected chi connectivity index (χ4v) is 7.42. The molecule has 12 heteroatoms. The molecule has 3 heterocycles. The number of nitrogens with one attached hydrogen (secondary N) is 2. The Morgan fingerprint density at radius 1 is 0.905 bits per heavy atom. The number of alkyl halides is 2. The molecule has 3 aliphatic heterocycles. The number of likely N-dealkylation sites (N-methyl/N-ethyl adjacent to an activating group) is 1. The number of anilines is 5. The zero-order valence-corrected chi connectivity index (χ0v) is 24.8. The summed E-state index contributed by atoms with van der Waals surface area (Å²) < 4.78 is 55.1. The van der Waals surface area contributed by atoms with E-state index in [4.69, 9.17) is 5.11 Å². The number of hydrogen-bond acceptors (Lipinski definition) is 7. The van der Waals surface area contributed by atoms with Crippen molar-refractivity contribution in [1.82, 2.24) is 0 Å². The molecule has 0 bridgehead atoms. The molecule has 4 aliphatic rings. The van der Waals surface area contributed by atoms with E-state index in [2.05, 4.69) is 19.8 Å². The number of nitrogens with zero attached hydrogens (tertiary/aromatic N) is 3. The number of amides is 1. The van der Waals surface area contributed by atoms with Crippen molar-refractivity contribution in [3.63, 3.8) is 0 Å². The van der Waals surface area contributed by atoms with Gasteiger partial charge in [-0.1, -0.05) is 0 Å². The van der Waals surface area contributed by atoms with Crippen LogP contribution in [-0.2, 0) is 16.4 Å². The fourth-order valence-electron chi connectivity index (χ4n) is 6.59. The van der Waals surface area contributed by atoms with Gasteiger partial charge in [-0.2, -0.15) is 0 Å². The highest BCUT2D eigenvalue weighted by atomic mass is 32.2. The Morgan fingerprint density at radius 3 is 2.21 bits per heavy atom. The number of aliphatic hydroxyl groups excluding tert-OH is 1. The van der Waals surface area contributed by atoms with Crippen LogP contribution in [0.1, 0.15) is 54.4 Å². The zero-order valence-electron chi connectivity index (χ0n) is 24.0. The van der Waals surface area contributed by atoms with Gasteiger partial charge in [-0.05, 0) is 73.4 Å². The molecule has 6 rings (SSSR count). The summed E-state index contributed by atoms with van der Waals surface area (Å²) in [4.78, 5) is 20.1. The van der Waals surface area contributed by atoms with E-state index in [0.29, 0.717) is 28.0 Å². The number of carbonyl (C=O) groups excluding carboxylic acids is 1. The van der Waals surface area contributed by atoms with Gasteiger partial charge in [0.15, 0.2) is 0 Å². The summed E-state index contributed by atoms with van der Waals surface area (Å²) in [6.07, 6.45) is 4.94. The largest absolute Gasteiger partial charge is 0.395 e. The second kappa shape index (κ2) is 10.9. The summed E-state index contributed by atoms with van der Waals surface area (Å²) in [5.41, 5.74) is 5.42. The van der Waals surface area contributed by atoms with Crippen LogP contribution < -0.4 is 24.7 Å². The first-order valence-corrected chi connectivity index (χ1v) is 16.4. The number of halogens is 2. The van der Waals surface area contributed by atoms with Crippen molar-refractivity contribution >= 4 is 44.4 Å². The predicted octanol–water partition coefficient (Wildman–Crippen LogP) is 4.28. The number of carbonyl (C=O) groups is 1. The number of piperidine rings is 2. The molecule has 0 radical (unpaired) electrons. The molecule has 1 amide bonds. The Kier molecular flexibility index (Phi) is 7.49. The SMILES string of the molecule is CN1CCc2cc(NC(=O)c3ccc(NS(=O)(=O)CCO)cc3N3CCC4(CC3)CC4)cc(N3CCC(F)(F)CC3)c21. The lowest BCUT2D eigenvalue weighted by Crippen LogP contribution is -2.40. The summed E-state index contributed by atoms with van der Waals surface area (Å²) >= 11 is 0. The average molecular weight is 604 g/mol. The second-order valence-electron chi connectivity index (χ2n) is 12.3. The van der Waals surface area contributed by atoms with Crippen molar-refractivity contribution in [2.24, 2.45) is 5.41 Å². The van der Waals surface area contributed by atoms with Crippen molar-refractivity contribution in [3.05, 3.63) is 41.5 Å². The van der Waals surface area contributed by atoms with Gasteiger partial charge in [-0.25, -0.2) is 17.2 Å². The highest BCUT2D eigenvalue weighted by Gasteiger charge is 2.44. The fraction of sp³-hybridized carbons (Fsp3) is 0.567. The summed E-state index contributed by atoms with van der Waals surface area (Å²) in [5, 5.41) is 12.2. The van der Waals surface area contributed by atoms with E-state index in [-0.39, 0.29) is 31.8 Å². The smallest absolute Gasteiger partial charge is 0.257 e. The second-order valence-corrected chi connectivity index (χ2v) is 14.2. The molecule has 0 aromatic heterocycles. The maximum absolute atomic E-state index is 13.9. The average Bonchev–Trinajstić information content (AvgIpc) is 3.59. The minimum absolute atomic E-state index is 0.197. The van der Waals surface area contributed by atoms with Crippen LogP contribution in [0.4, 0.5) is 37.2 Å². The first-order valence-electron chi connectivity index (χ1n) is 14.8. The number of rotatable bonds is 8. The molecule has 1 spiro atoms. The molecule has 1 aliphatic carbocycles. The van der Waals surface area contributed by atoms with Crippen molar-refractivity contribution in [2.45, 2.75) is 50.9 Å². The Bertz CT molecular complexity index is 1460. The van der Waals surface area contributed by atoms with E-state index in [9.17, 15) is 22.0 Å². The summed E-state index contributed by atoms with van der Waals surface area (Å²) in [6.45, 7) is 2.38. The third-order valence-corrected chi connectivity index (χ3v) is 10.6. The number of sulfonamides is 1. The minimum atomic E-state index is -3.73. The van der Waals surface area contributed by atoms with Crippen LogP contribution in [0.15, 0.2) is 30.3 Å². The third-order valence-electron chi connectivity index (χ3n) is 9.36. The van der Waals surface area contributed by atoms with Gasteiger partial charge in [0.05, 0.1) is 40.7 Å². The normalized spacial score (nSPS) is 20.9. The number of fused-ring (bicyclic) bond motifs is 1. The molecule has 228 valence electrons. The van der Waals surface area contributed by atoms with Crippen LogP contribution in [0.25, 0.3) is 0 Å². The van der Waals surface area contributed by atoms with Crippen LogP contribution >= 0.6 is 0 Å². The van der Waals surface area contributed by atoms with Crippen LogP contribution in [0.5, 0.6) is 0 Å². The Morgan fingerprint density at radius 2 is 1.55 bits per heavy atom. The monoisotopic (exact) mass is 603 g/mol. The number of hydrogen-bond donors (Lipinski definition) is 3. The van der Waals surface area contributed by atoms with Gasteiger partial charge in [0.1, 0.15) is 0 Å². The molecule has 0 atom stereocenters. The molecule has 1 saturated carbocycles. The predicted molar refractivity (Wildman–Crippen MR) is 162 cm³/mol. The van der Waals surface area contributed by atoms with Crippen molar-refractivity contribution in [3.8, 4) is 0 Å². The molecule has 2 aromatic carbocycles. The Labute approximate surface area is 245 Å². The van der Waals surface area contributed by atoms with Gasteiger partial charge in [0.25, 0.3) is 11.8 Å². The van der Waals surface area contributed by atoms with Crippen LogP contribution in [0, 0.1) is 5.41 Å². The molecule has 0 unspecified atom stereocenters.